The van der Waals surface area contributed by atoms with Crippen LogP contribution in [0, 0.1) is 5.92 Å². The Balaban J connectivity index is 2.97. The van der Waals surface area contributed by atoms with Crippen LogP contribution in [0.5, 0.6) is 0 Å². The molecule has 0 aliphatic rings. The summed E-state index contributed by atoms with van der Waals surface area (Å²) in [6.07, 6.45) is 0.316. The average molecular weight is 352 g/mol. The van der Waals surface area contributed by atoms with E-state index in [4.69, 9.17) is 11.6 Å². The van der Waals surface area contributed by atoms with Gasteiger partial charge in [-0.1, -0.05) is 37.4 Å². The third-order valence-corrected chi connectivity index (χ3v) is 6.52. The summed E-state index contributed by atoms with van der Waals surface area (Å²) >= 11 is 6.79. The maximum Gasteiger partial charge on any atom is 0.250 e. The largest absolute Gasteiger partial charge is 0.391 e. The molecular weight excluding hydrogens is 330 g/mol. The molecule has 0 saturated carbocycles. The number of rotatable bonds is 8. The number of aliphatic hydroxyl groups excluding tert-OH is 1. The summed E-state index contributed by atoms with van der Waals surface area (Å²) in [6, 6.07) is 2.45. The highest BCUT2D eigenvalue weighted by Crippen LogP contribution is 2.27. The molecule has 4 nitrogen and oxygen atoms in total. The Morgan fingerprint density at radius 1 is 1.52 bits per heavy atom. The predicted molar refractivity (Wildman–Crippen MR) is 88.3 cm³/mol. The lowest BCUT2D eigenvalue weighted by Crippen LogP contribution is -2.47. The lowest BCUT2D eigenvalue weighted by atomic mass is 9.92. The second kappa shape index (κ2) is 7.74. The third kappa shape index (κ3) is 5.38. The van der Waals surface area contributed by atoms with Crippen LogP contribution in [0.1, 0.15) is 33.6 Å². The van der Waals surface area contributed by atoms with Crippen LogP contribution in [0.15, 0.2) is 28.5 Å². The zero-order valence-corrected chi connectivity index (χ0v) is 14.9. The first kappa shape index (κ1) is 18.6. The Morgan fingerprint density at radius 3 is 2.57 bits per heavy atom. The number of sulfonamides is 1. The lowest BCUT2D eigenvalue weighted by Gasteiger charge is -2.28. The summed E-state index contributed by atoms with van der Waals surface area (Å²) in [6.45, 7) is 9.45. The van der Waals surface area contributed by atoms with E-state index in [1.54, 1.807) is 6.07 Å². The van der Waals surface area contributed by atoms with Gasteiger partial charge in [-0.25, -0.2) is 13.1 Å². The van der Waals surface area contributed by atoms with Crippen molar-refractivity contribution in [2.24, 2.45) is 5.92 Å². The number of halogens is 1. The fourth-order valence-corrected chi connectivity index (χ4v) is 4.87. The van der Waals surface area contributed by atoms with Crippen LogP contribution in [-0.4, -0.2) is 25.7 Å². The zero-order valence-electron chi connectivity index (χ0n) is 12.5. The molecule has 2 unspecified atom stereocenters. The SMILES string of the molecule is C=C(C)CC(O)C(NS(=O)(=O)c1ccc(Cl)s1)[C@@H](C)CC. The highest BCUT2D eigenvalue weighted by Gasteiger charge is 2.30. The molecule has 1 heterocycles. The van der Waals surface area contributed by atoms with E-state index in [2.05, 4.69) is 11.3 Å². The van der Waals surface area contributed by atoms with Crippen LogP contribution in [0.2, 0.25) is 4.34 Å². The fourth-order valence-electron chi connectivity index (χ4n) is 1.99. The normalized spacial score (nSPS) is 16.4. The van der Waals surface area contributed by atoms with E-state index < -0.39 is 22.2 Å². The summed E-state index contributed by atoms with van der Waals surface area (Å²) in [5, 5.41) is 10.3. The van der Waals surface area contributed by atoms with E-state index >= 15 is 0 Å². The van der Waals surface area contributed by atoms with Crippen molar-refractivity contribution in [1.29, 1.82) is 0 Å². The fraction of sp³-hybridized carbons (Fsp3) is 0.571. The standard InChI is InChI=1S/C14H22ClNO3S2/c1-5-10(4)14(11(17)8-9(2)3)16-21(18,19)13-7-6-12(15)20-13/h6-7,10-11,14,16-17H,2,5,8H2,1,3-4H3/t10-,11?,14?/m0/s1. The molecule has 0 radical (unpaired) electrons. The van der Waals surface area contributed by atoms with Crippen LogP contribution in [0.4, 0.5) is 0 Å². The highest BCUT2D eigenvalue weighted by molar-refractivity contribution is 7.91. The Bertz CT molecular complexity index is 583. The van der Waals surface area contributed by atoms with Gasteiger partial charge in [0.05, 0.1) is 16.5 Å². The monoisotopic (exact) mass is 351 g/mol. The number of thiophene rings is 1. The van der Waals surface area contributed by atoms with Gasteiger partial charge in [-0.2, -0.15) is 0 Å². The van der Waals surface area contributed by atoms with Crippen LogP contribution >= 0.6 is 22.9 Å². The summed E-state index contributed by atoms with van der Waals surface area (Å²) in [7, 11) is -3.68. The Kier molecular flexibility index (Phi) is 6.87. The predicted octanol–water partition coefficient (Wildman–Crippen LogP) is 3.42. The van der Waals surface area contributed by atoms with Crippen molar-refractivity contribution in [2.75, 3.05) is 0 Å². The molecule has 1 aromatic rings. The number of hydrogen-bond acceptors (Lipinski definition) is 4. The van der Waals surface area contributed by atoms with Crippen molar-refractivity contribution in [3.05, 3.63) is 28.6 Å². The molecule has 0 bridgehead atoms. The van der Waals surface area contributed by atoms with Gasteiger partial charge in [-0.05, 0) is 31.4 Å². The van der Waals surface area contributed by atoms with Crippen LogP contribution in [0.25, 0.3) is 0 Å². The maximum atomic E-state index is 12.4. The second-order valence-electron chi connectivity index (χ2n) is 5.32. The van der Waals surface area contributed by atoms with E-state index in [0.29, 0.717) is 10.8 Å². The van der Waals surface area contributed by atoms with E-state index in [0.717, 1.165) is 23.3 Å². The zero-order chi connectivity index (χ0) is 16.2. The molecule has 0 aliphatic carbocycles. The maximum absolute atomic E-state index is 12.4. The molecule has 120 valence electrons. The molecule has 1 aromatic heterocycles. The Hall–Kier alpha value is -0.400. The molecule has 7 heteroatoms. The molecular formula is C14H22ClNO3S2. The van der Waals surface area contributed by atoms with E-state index in [1.807, 2.05) is 20.8 Å². The summed E-state index contributed by atoms with van der Waals surface area (Å²) in [4.78, 5) is 0. The van der Waals surface area contributed by atoms with E-state index in [9.17, 15) is 13.5 Å². The molecule has 1 rings (SSSR count). The molecule has 0 fully saturated rings. The van der Waals surface area contributed by atoms with Crippen LogP contribution in [0.3, 0.4) is 0 Å². The minimum atomic E-state index is -3.68. The lowest BCUT2D eigenvalue weighted by molar-refractivity contribution is 0.111. The van der Waals surface area contributed by atoms with Gasteiger partial charge >= 0.3 is 0 Å². The minimum absolute atomic E-state index is 0.00422. The first-order chi connectivity index (χ1) is 9.67. The molecule has 0 amide bonds. The highest BCUT2D eigenvalue weighted by atomic mass is 35.5. The van der Waals surface area contributed by atoms with Crippen molar-refractivity contribution < 1.29 is 13.5 Å². The van der Waals surface area contributed by atoms with Crippen molar-refractivity contribution >= 4 is 33.0 Å². The van der Waals surface area contributed by atoms with Crippen molar-refractivity contribution in [2.45, 2.75) is 50.0 Å². The minimum Gasteiger partial charge on any atom is -0.391 e. The molecule has 3 atom stereocenters. The van der Waals surface area contributed by atoms with Gasteiger partial charge < -0.3 is 5.11 Å². The summed E-state index contributed by atoms with van der Waals surface area (Å²) in [5.41, 5.74) is 0.814. The van der Waals surface area contributed by atoms with Gasteiger partial charge in [-0.3, -0.25) is 0 Å². The van der Waals surface area contributed by atoms with E-state index in [1.165, 1.54) is 6.07 Å². The third-order valence-electron chi connectivity index (χ3n) is 3.33. The topological polar surface area (TPSA) is 66.4 Å². The summed E-state index contributed by atoms with van der Waals surface area (Å²) < 4.78 is 27.9. The smallest absolute Gasteiger partial charge is 0.250 e. The van der Waals surface area contributed by atoms with Crippen LogP contribution < -0.4 is 4.72 Å². The van der Waals surface area contributed by atoms with Gasteiger partial charge in [0.2, 0.25) is 10.0 Å². The molecule has 0 spiro atoms. The van der Waals surface area contributed by atoms with Crippen molar-refractivity contribution in [1.82, 2.24) is 4.72 Å². The molecule has 0 saturated heterocycles. The number of nitrogens with one attached hydrogen (secondary N) is 1. The van der Waals surface area contributed by atoms with Crippen molar-refractivity contribution in [3.63, 3.8) is 0 Å². The van der Waals surface area contributed by atoms with Gasteiger partial charge in [0.15, 0.2) is 0 Å². The van der Waals surface area contributed by atoms with Gasteiger partial charge in [0.1, 0.15) is 4.21 Å². The first-order valence-corrected chi connectivity index (χ1v) is 9.45. The van der Waals surface area contributed by atoms with Crippen molar-refractivity contribution in [3.8, 4) is 0 Å². The first-order valence-electron chi connectivity index (χ1n) is 6.77. The van der Waals surface area contributed by atoms with Gasteiger partial charge in [0.25, 0.3) is 0 Å². The van der Waals surface area contributed by atoms with Gasteiger partial charge in [-0.15, -0.1) is 17.9 Å². The second-order valence-corrected chi connectivity index (χ2v) is 8.98. The quantitative estimate of drug-likeness (QED) is 0.705. The van der Waals surface area contributed by atoms with Crippen LogP contribution in [-0.2, 0) is 10.0 Å². The molecule has 0 aromatic carbocycles. The number of aliphatic hydroxyl groups is 1. The summed E-state index contributed by atoms with van der Waals surface area (Å²) in [5.74, 6) is 0.00422. The average Bonchev–Trinajstić information content (AvgIpc) is 2.81. The molecule has 21 heavy (non-hydrogen) atoms. The van der Waals surface area contributed by atoms with E-state index in [-0.39, 0.29) is 10.1 Å². The van der Waals surface area contributed by atoms with Gasteiger partial charge in [0, 0.05) is 0 Å². The Morgan fingerprint density at radius 2 is 2.14 bits per heavy atom. The Labute approximate surface area is 135 Å². The molecule has 2 N–H and O–H groups in total. The number of hydrogen-bond donors (Lipinski definition) is 2. The molecule has 0 aliphatic heterocycles.